The molecule has 2 fully saturated rings. The van der Waals surface area contributed by atoms with Gasteiger partial charge in [0, 0.05) is 31.0 Å². The highest BCUT2D eigenvalue weighted by molar-refractivity contribution is 5.83. The van der Waals surface area contributed by atoms with Gasteiger partial charge in [-0.25, -0.2) is 0 Å². The first-order chi connectivity index (χ1) is 11.5. The average molecular weight is 331 g/mol. The number of nitrogens with one attached hydrogen (secondary N) is 1. The number of pyridine rings is 1. The van der Waals surface area contributed by atoms with Crippen LogP contribution in [0.3, 0.4) is 0 Å². The van der Waals surface area contributed by atoms with Crippen molar-refractivity contribution >= 4 is 11.9 Å². The summed E-state index contributed by atoms with van der Waals surface area (Å²) in [5.41, 5.74) is 0.909. The summed E-state index contributed by atoms with van der Waals surface area (Å²) in [6.45, 7) is 2.87. The second-order valence-electron chi connectivity index (χ2n) is 7.11. The lowest BCUT2D eigenvalue weighted by atomic mass is 9.84. The van der Waals surface area contributed by atoms with E-state index in [0.29, 0.717) is 5.92 Å². The first-order valence-electron chi connectivity index (χ1n) is 8.69. The molecule has 0 saturated heterocycles. The Morgan fingerprint density at radius 2 is 2.17 bits per heavy atom. The highest BCUT2D eigenvalue weighted by Crippen LogP contribution is 2.34. The minimum absolute atomic E-state index is 0.0124. The van der Waals surface area contributed by atoms with Crippen LogP contribution >= 0.6 is 0 Å². The predicted molar refractivity (Wildman–Crippen MR) is 89.5 cm³/mol. The molecule has 0 bridgehead atoms. The molecular formula is C18H25N3O3. The van der Waals surface area contributed by atoms with E-state index in [2.05, 4.69) is 15.2 Å². The van der Waals surface area contributed by atoms with Crippen molar-refractivity contribution in [2.45, 2.75) is 50.6 Å². The molecule has 0 aliphatic heterocycles. The maximum Gasteiger partial charge on any atom is 0.317 e. The summed E-state index contributed by atoms with van der Waals surface area (Å²) in [5, 5.41) is 12.2. The normalized spacial score (nSPS) is 24.2. The molecule has 6 nitrogen and oxygen atoms in total. The van der Waals surface area contributed by atoms with Gasteiger partial charge in [0.2, 0.25) is 5.91 Å². The Kier molecular flexibility index (Phi) is 5.14. The highest BCUT2D eigenvalue weighted by Gasteiger charge is 2.38. The molecule has 2 aliphatic carbocycles. The fourth-order valence-corrected chi connectivity index (χ4v) is 3.26. The van der Waals surface area contributed by atoms with E-state index in [1.54, 1.807) is 12.4 Å². The number of hydrogen-bond acceptors (Lipinski definition) is 4. The predicted octanol–water partition coefficient (Wildman–Crippen LogP) is 1.63. The van der Waals surface area contributed by atoms with E-state index in [4.69, 9.17) is 5.11 Å². The Morgan fingerprint density at radius 3 is 2.75 bits per heavy atom. The molecule has 24 heavy (non-hydrogen) atoms. The molecule has 3 rings (SSSR count). The zero-order valence-corrected chi connectivity index (χ0v) is 14.0. The van der Waals surface area contributed by atoms with Gasteiger partial charge in [-0.15, -0.1) is 0 Å². The Morgan fingerprint density at radius 1 is 1.42 bits per heavy atom. The Balaban J connectivity index is 1.46. The molecule has 2 saturated carbocycles. The van der Waals surface area contributed by atoms with Gasteiger partial charge in [0.25, 0.3) is 0 Å². The van der Waals surface area contributed by atoms with E-state index in [9.17, 15) is 9.59 Å². The number of aromatic nitrogens is 1. The van der Waals surface area contributed by atoms with Crippen LogP contribution in [-0.2, 0) is 9.59 Å². The molecule has 2 N–H and O–H groups in total. The summed E-state index contributed by atoms with van der Waals surface area (Å²) < 4.78 is 0. The molecule has 1 aromatic rings. The summed E-state index contributed by atoms with van der Waals surface area (Å²) in [5.74, 6) is -0.310. The molecule has 0 aromatic carbocycles. The third-order valence-corrected chi connectivity index (χ3v) is 5.08. The van der Waals surface area contributed by atoms with Crippen LogP contribution in [0.5, 0.6) is 0 Å². The van der Waals surface area contributed by atoms with Gasteiger partial charge in [-0.05, 0) is 50.2 Å². The molecule has 1 aromatic heterocycles. The van der Waals surface area contributed by atoms with Crippen molar-refractivity contribution in [1.82, 2.24) is 15.2 Å². The molecule has 6 heteroatoms. The van der Waals surface area contributed by atoms with Crippen LogP contribution in [0.15, 0.2) is 24.5 Å². The minimum Gasteiger partial charge on any atom is -0.480 e. The van der Waals surface area contributed by atoms with Crippen molar-refractivity contribution in [3.63, 3.8) is 0 Å². The summed E-state index contributed by atoms with van der Waals surface area (Å²) >= 11 is 0. The van der Waals surface area contributed by atoms with Gasteiger partial charge in [0.15, 0.2) is 0 Å². The van der Waals surface area contributed by atoms with Gasteiger partial charge >= 0.3 is 5.97 Å². The van der Waals surface area contributed by atoms with E-state index in [1.807, 2.05) is 19.1 Å². The lowest BCUT2D eigenvalue weighted by molar-refractivity contribution is -0.140. The van der Waals surface area contributed by atoms with Crippen molar-refractivity contribution in [1.29, 1.82) is 0 Å². The molecule has 2 aliphatic rings. The minimum atomic E-state index is -0.770. The smallest absolute Gasteiger partial charge is 0.317 e. The third kappa shape index (κ3) is 4.32. The molecule has 0 unspecified atom stereocenters. The molecule has 1 atom stereocenters. The van der Waals surface area contributed by atoms with Crippen molar-refractivity contribution in [2.75, 3.05) is 13.1 Å². The number of nitrogens with zero attached hydrogens (tertiary/aromatic N) is 2. The summed E-state index contributed by atoms with van der Waals surface area (Å²) in [6, 6.07) is 4.17. The summed E-state index contributed by atoms with van der Waals surface area (Å²) in [4.78, 5) is 29.5. The number of carbonyl (C=O) groups excluding carboxylic acids is 1. The second-order valence-corrected chi connectivity index (χ2v) is 7.11. The number of aliphatic carboxylic acids is 1. The molecule has 130 valence electrons. The molecule has 1 amide bonds. The molecule has 1 heterocycles. The SMILES string of the molecule is C[C@@H](C(=O)NC1CC(N(CC(=O)O)CC2CC2)C1)c1cccnc1. The quantitative estimate of drug-likeness (QED) is 0.756. The number of carboxylic acids is 1. The van der Waals surface area contributed by atoms with Gasteiger partial charge in [-0.3, -0.25) is 19.5 Å². The van der Waals surface area contributed by atoms with Crippen molar-refractivity contribution in [3.05, 3.63) is 30.1 Å². The van der Waals surface area contributed by atoms with Crippen LogP contribution in [-0.4, -0.2) is 52.0 Å². The molecule has 0 spiro atoms. The van der Waals surface area contributed by atoms with Crippen LogP contribution in [0.1, 0.15) is 44.1 Å². The number of rotatable bonds is 8. The Hall–Kier alpha value is -1.95. The second kappa shape index (κ2) is 7.30. The van der Waals surface area contributed by atoms with Gasteiger partial charge in [-0.1, -0.05) is 6.07 Å². The van der Waals surface area contributed by atoms with E-state index in [1.165, 1.54) is 12.8 Å². The number of carboxylic acid groups (broad SMARTS) is 1. The van der Waals surface area contributed by atoms with Gasteiger partial charge < -0.3 is 10.4 Å². The van der Waals surface area contributed by atoms with Crippen LogP contribution in [0.25, 0.3) is 0 Å². The maximum atomic E-state index is 12.3. The van der Waals surface area contributed by atoms with Crippen LogP contribution in [0.4, 0.5) is 0 Å². The maximum absolute atomic E-state index is 12.3. The topological polar surface area (TPSA) is 82.5 Å². The summed E-state index contributed by atoms with van der Waals surface area (Å²) in [7, 11) is 0. The number of amides is 1. The van der Waals surface area contributed by atoms with Crippen molar-refractivity contribution < 1.29 is 14.7 Å². The summed E-state index contributed by atoms with van der Waals surface area (Å²) in [6.07, 6.45) is 7.52. The van der Waals surface area contributed by atoms with Crippen molar-refractivity contribution in [3.8, 4) is 0 Å². The van der Waals surface area contributed by atoms with Crippen molar-refractivity contribution in [2.24, 2.45) is 5.92 Å². The lowest BCUT2D eigenvalue weighted by Gasteiger charge is -2.43. The van der Waals surface area contributed by atoms with Crippen LogP contribution < -0.4 is 5.32 Å². The molecular weight excluding hydrogens is 306 g/mol. The van der Waals surface area contributed by atoms with E-state index < -0.39 is 5.97 Å². The fourth-order valence-electron chi connectivity index (χ4n) is 3.26. The third-order valence-electron chi connectivity index (χ3n) is 5.08. The zero-order chi connectivity index (χ0) is 17.1. The Bertz CT molecular complexity index is 582. The monoisotopic (exact) mass is 331 g/mol. The largest absolute Gasteiger partial charge is 0.480 e. The van der Waals surface area contributed by atoms with E-state index >= 15 is 0 Å². The zero-order valence-electron chi connectivity index (χ0n) is 14.0. The standard InChI is InChI=1S/C18H25N3O3/c1-12(14-3-2-6-19-9-14)18(24)20-15-7-16(8-15)21(11-17(22)23)10-13-4-5-13/h2-3,6,9,12-13,15-16H,4-5,7-8,10-11H2,1H3,(H,20,24)(H,22,23)/t12-,15?,16?/m1/s1. The van der Waals surface area contributed by atoms with Gasteiger partial charge in [-0.2, -0.15) is 0 Å². The first kappa shape index (κ1) is 16.9. The number of carbonyl (C=O) groups is 2. The Labute approximate surface area is 142 Å². The highest BCUT2D eigenvalue weighted by atomic mass is 16.4. The lowest BCUT2D eigenvalue weighted by Crippen LogP contribution is -2.55. The average Bonchev–Trinajstić information content (AvgIpc) is 3.33. The molecule has 0 radical (unpaired) electrons. The fraction of sp³-hybridized carbons (Fsp3) is 0.611. The van der Waals surface area contributed by atoms with E-state index in [0.717, 1.165) is 24.9 Å². The van der Waals surface area contributed by atoms with Gasteiger partial charge in [0.05, 0.1) is 12.5 Å². The first-order valence-corrected chi connectivity index (χ1v) is 8.69. The van der Waals surface area contributed by atoms with Gasteiger partial charge in [0.1, 0.15) is 0 Å². The number of hydrogen-bond donors (Lipinski definition) is 2. The van der Waals surface area contributed by atoms with Crippen LogP contribution in [0.2, 0.25) is 0 Å². The van der Waals surface area contributed by atoms with Crippen LogP contribution in [0, 0.1) is 5.92 Å². The van der Waals surface area contributed by atoms with E-state index in [-0.39, 0.29) is 30.5 Å².